The van der Waals surface area contributed by atoms with E-state index in [-0.39, 0.29) is 11.8 Å². The van der Waals surface area contributed by atoms with Crippen molar-refractivity contribution in [3.05, 3.63) is 59.2 Å². The highest BCUT2D eigenvalue weighted by Crippen LogP contribution is 2.22. The van der Waals surface area contributed by atoms with Gasteiger partial charge in [0.15, 0.2) is 6.10 Å². The molecule has 28 heavy (non-hydrogen) atoms. The Balaban J connectivity index is 1.70. The molecule has 1 aliphatic rings. The fraction of sp³-hybridized carbons (Fsp3) is 0.364. The monoisotopic (exact) mass is 382 g/mol. The third-order valence-corrected chi connectivity index (χ3v) is 4.72. The Morgan fingerprint density at radius 1 is 1.11 bits per heavy atom. The number of amides is 2. The lowest BCUT2D eigenvalue weighted by molar-refractivity contribution is -0.122. The van der Waals surface area contributed by atoms with Gasteiger partial charge in [-0.3, -0.25) is 9.59 Å². The lowest BCUT2D eigenvalue weighted by atomic mass is 10.1. The lowest BCUT2D eigenvalue weighted by Gasteiger charge is -2.27. The van der Waals surface area contributed by atoms with Gasteiger partial charge in [-0.05, 0) is 44.5 Å². The first-order chi connectivity index (χ1) is 13.5. The van der Waals surface area contributed by atoms with Crippen molar-refractivity contribution in [3.63, 3.8) is 0 Å². The highest BCUT2D eigenvalue weighted by Gasteiger charge is 2.23. The van der Waals surface area contributed by atoms with Crippen LogP contribution in [0.15, 0.2) is 42.5 Å². The van der Waals surface area contributed by atoms with E-state index in [2.05, 4.69) is 5.32 Å². The van der Waals surface area contributed by atoms with Crippen LogP contribution in [-0.2, 0) is 9.53 Å². The number of morpholine rings is 1. The first-order valence-corrected chi connectivity index (χ1v) is 9.46. The summed E-state index contributed by atoms with van der Waals surface area (Å²) in [6.07, 6.45) is -0.701. The Hall–Kier alpha value is -2.86. The van der Waals surface area contributed by atoms with Crippen LogP contribution in [0.5, 0.6) is 5.75 Å². The van der Waals surface area contributed by atoms with E-state index in [0.717, 1.165) is 11.1 Å². The molecule has 0 radical (unpaired) electrons. The first-order valence-electron chi connectivity index (χ1n) is 9.46. The molecule has 0 saturated carbocycles. The molecule has 3 rings (SSSR count). The molecule has 0 bridgehead atoms. The summed E-state index contributed by atoms with van der Waals surface area (Å²) < 4.78 is 11.1. The van der Waals surface area contributed by atoms with Gasteiger partial charge in [0.1, 0.15) is 5.75 Å². The Bertz CT molecular complexity index is 859. The molecule has 0 spiro atoms. The second kappa shape index (κ2) is 8.89. The van der Waals surface area contributed by atoms with Gasteiger partial charge < -0.3 is 19.7 Å². The van der Waals surface area contributed by atoms with Crippen molar-refractivity contribution in [3.8, 4) is 5.75 Å². The molecular weight excluding hydrogens is 356 g/mol. The predicted octanol–water partition coefficient (Wildman–Crippen LogP) is 3.18. The van der Waals surface area contributed by atoms with Crippen molar-refractivity contribution in [1.29, 1.82) is 0 Å². The van der Waals surface area contributed by atoms with Crippen LogP contribution in [0.1, 0.15) is 28.4 Å². The van der Waals surface area contributed by atoms with Crippen LogP contribution < -0.4 is 10.1 Å². The topological polar surface area (TPSA) is 67.9 Å². The molecule has 6 heteroatoms. The molecule has 0 unspecified atom stereocenters. The van der Waals surface area contributed by atoms with Crippen LogP contribution in [0, 0.1) is 13.8 Å². The smallest absolute Gasteiger partial charge is 0.265 e. The van der Waals surface area contributed by atoms with Crippen molar-refractivity contribution < 1.29 is 19.1 Å². The quantitative estimate of drug-likeness (QED) is 0.862. The lowest BCUT2D eigenvalue weighted by Crippen LogP contribution is -2.41. The first kappa shape index (κ1) is 19.9. The highest BCUT2D eigenvalue weighted by molar-refractivity contribution is 6.04. The summed E-state index contributed by atoms with van der Waals surface area (Å²) in [6, 6.07) is 12.9. The molecular formula is C22H26N2O4. The predicted molar refractivity (Wildman–Crippen MR) is 108 cm³/mol. The minimum atomic E-state index is -0.701. The number of hydrogen-bond donors (Lipinski definition) is 1. The Morgan fingerprint density at radius 2 is 1.82 bits per heavy atom. The summed E-state index contributed by atoms with van der Waals surface area (Å²) in [7, 11) is 0. The summed E-state index contributed by atoms with van der Waals surface area (Å²) in [6.45, 7) is 7.81. The molecule has 0 aliphatic carbocycles. The van der Waals surface area contributed by atoms with Crippen molar-refractivity contribution >= 4 is 17.5 Å². The highest BCUT2D eigenvalue weighted by atomic mass is 16.5. The number of aryl methyl sites for hydroxylation is 2. The number of carbonyl (C=O) groups is 2. The van der Waals surface area contributed by atoms with E-state index in [4.69, 9.17) is 9.47 Å². The number of rotatable bonds is 5. The van der Waals surface area contributed by atoms with Crippen LogP contribution in [0.4, 0.5) is 5.69 Å². The number of nitrogens with one attached hydrogen (secondary N) is 1. The SMILES string of the molecule is Cc1ccc(O[C@@H](C)C(=O)Nc2ccccc2C(=O)N2CCOCC2)c(C)c1. The summed E-state index contributed by atoms with van der Waals surface area (Å²) in [5, 5.41) is 2.84. The minimum absolute atomic E-state index is 0.109. The molecule has 1 heterocycles. The number of carbonyl (C=O) groups excluding carboxylic acids is 2. The molecule has 2 amide bonds. The zero-order valence-electron chi connectivity index (χ0n) is 16.5. The van der Waals surface area contributed by atoms with E-state index in [9.17, 15) is 9.59 Å². The van der Waals surface area contributed by atoms with E-state index in [1.165, 1.54) is 0 Å². The van der Waals surface area contributed by atoms with E-state index >= 15 is 0 Å². The van der Waals surface area contributed by atoms with Crippen LogP contribution in [0.25, 0.3) is 0 Å². The molecule has 1 aliphatic heterocycles. The maximum Gasteiger partial charge on any atom is 0.265 e. The zero-order chi connectivity index (χ0) is 20.1. The molecule has 6 nitrogen and oxygen atoms in total. The van der Waals surface area contributed by atoms with Crippen LogP contribution in [-0.4, -0.2) is 49.1 Å². The summed E-state index contributed by atoms with van der Waals surface area (Å²) >= 11 is 0. The van der Waals surface area contributed by atoms with E-state index < -0.39 is 6.10 Å². The average molecular weight is 382 g/mol. The summed E-state index contributed by atoms with van der Waals surface area (Å²) in [4.78, 5) is 27.2. The van der Waals surface area contributed by atoms with Crippen molar-refractivity contribution in [2.75, 3.05) is 31.6 Å². The van der Waals surface area contributed by atoms with Crippen LogP contribution in [0.2, 0.25) is 0 Å². The standard InChI is InChI=1S/C22H26N2O4/c1-15-8-9-20(16(2)14-15)28-17(3)21(25)23-19-7-5-4-6-18(19)22(26)24-10-12-27-13-11-24/h4-9,14,17H,10-13H2,1-3H3,(H,23,25)/t17-/m0/s1. The normalized spacial score (nSPS) is 15.0. The average Bonchev–Trinajstić information content (AvgIpc) is 2.70. The fourth-order valence-electron chi connectivity index (χ4n) is 3.13. The van der Waals surface area contributed by atoms with E-state index in [1.54, 1.807) is 36.1 Å². The summed E-state index contributed by atoms with van der Waals surface area (Å²) in [5.74, 6) is 0.260. The maximum atomic E-state index is 12.8. The van der Waals surface area contributed by atoms with Gasteiger partial charge in [-0.2, -0.15) is 0 Å². The van der Waals surface area contributed by atoms with Crippen LogP contribution in [0.3, 0.4) is 0 Å². The van der Waals surface area contributed by atoms with Gasteiger partial charge >= 0.3 is 0 Å². The fourth-order valence-corrected chi connectivity index (χ4v) is 3.13. The van der Waals surface area contributed by atoms with Crippen molar-refractivity contribution in [2.45, 2.75) is 26.9 Å². The minimum Gasteiger partial charge on any atom is -0.481 e. The van der Waals surface area contributed by atoms with Gasteiger partial charge in [0, 0.05) is 13.1 Å². The second-order valence-corrected chi connectivity index (χ2v) is 6.97. The number of para-hydroxylation sites is 1. The molecule has 2 aromatic carbocycles. The molecule has 1 saturated heterocycles. The third kappa shape index (κ3) is 4.70. The molecule has 1 atom stereocenters. The van der Waals surface area contributed by atoms with Crippen molar-refractivity contribution in [1.82, 2.24) is 4.90 Å². The number of nitrogens with zero attached hydrogens (tertiary/aromatic N) is 1. The van der Waals surface area contributed by atoms with E-state index in [0.29, 0.717) is 43.3 Å². The van der Waals surface area contributed by atoms with Gasteiger partial charge in [0.2, 0.25) is 0 Å². The largest absolute Gasteiger partial charge is 0.481 e. The Kier molecular flexibility index (Phi) is 6.31. The second-order valence-electron chi connectivity index (χ2n) is 6.97. The van der Waals surface area contributed by atoms with Crippen molar-refractivity contribution in [2.24, 2.45) is 0 Å². The number of anilines is 1. The number of hydrogen-bond acceptors (Lipinski definition) is 4. The van der Waals surface area contributed by atoms with E-state index in [1.807, 2.05) is 32.0 Å². The zero-order valence-corrected chi connectivity index (χ0v) is 16.5. The van der Waals surface area contributed by atoms with Gasteiger partial charge in [-0.15, -0.1) is 0 Å². The summed E-state index contributed by atoms with van der Waals surface area (Å²) in [5.41, 5.74) is 3.07. The molecule has 2 aromatic rings. The Morgan fingerprint density at radius 3 is 2.54 bits per heavy atom. The maximum absolute atomic E-state index is 12.8. The third-order valence-electron chi connectivity index (χ3n) is 4.72. The molecule has 1 N–H and O–H groups in total. The molecule has 1 fully saturated rings. The Labute approximate surface area is 165 Å². The van der Waals surface area contributed by atoms with Gasteiger partial charge in [-0.25, -0.2) is 0 Å². The number of benzene rings is 2. The van der Waals surface area contributed by atoms with Gasteiger partial charge in [-0.1, -0.05) is 29.8 Å². The molecule has 0 aromatic heterocycles. The molecule has 148 valence electrons. The number of ether oxygens (including phenoxy) is 2. The van der Waals surface area contributed by atoms with Gasteiger partial charge in [0.25, 0.3) is 11.8 Å². The van der Waals surface area contributed by atoms with Crippen LogP contribution >= 0.6 is 0 Å². The van der Waals surface area contributed by atoms with Gasteiger partial charge in [0.05, 0.1) is 24.5 Å².